The fourth-order valence-electron chi connectivity index (χ4n) is 3.01. The summed E-state index contributed by atoms with van der Waals surface area (Å²) >= 11 is 0. The number of nitrogens with two attached hydrogens (primary N) is 1. The molecule has 0 bridgehead atoms. The molecule has 2 heterocycles. The molecule has 1 amide bonds. The van der Waals surface area contributed by atoms with Crippen LogP contribution in [0.4, 0.5) is 4.79 Å². The molecule has 1 aliphatic rings. The van der Waals surface area contributed by atoms with E-state index in [0.717, 1.165) is 33.3 Å². The normalized spacial score (nSPS) is 16.6. The van der Waals surface area contributed by atoms with Crippen LogP contribution in [0.3, 0.4) is 0 Å². The number of H-pyrrole nitrogens is 1. The van der Waals surface area contributed by atoms with Gasteiger partial charge in [0.25, 0.3) is 0 Å². The number of hydrogen-bond acceptors (Lipinski definition) is 4. The van der Waals surface area contributed by atoms with E-state index in [1.165, 1.54) is 0 Å². The van der Waals surface area contributed by atoms with Crippen LogP contribution in [-0.2, 0) is 4.74 Å². The minimum Gasteiger partial charge on any atom is -0.493 e. The Morgan fingerprint density at radius 2 is 2.26 bits per heavy atom. The van der Waals surface area contributed by atoms with Crippen LogP contribution in [0.1, 0.15) is 18.1 Å². The van der Waals surface area contributed by atoms with Crippen LogP contribution in [0, 0.1) is 0 Å². The van der Waals surface area contributed by atoms with E-state index in [-0.39, 0.29) is 6.10 Å². The highest BCUT2D eigenvalue weighted by Crippen LogP contribution is 2.38. The van der Waals surface area contributed by atoms with Gasteiger partial charge in [0, 0.05) is 17.4 Å². The summed E-state index contributed by atoms with van der Waals surface area (Å²) in [7, 11) is 0. The summed E-state index contributed by atoms with van der Waals surface area (Å²) < 4.78 is 10.9. The molecule has 1 aliphatic heterocycles. The minimum absolute atomic E-state index is 0.352. The Morgan fingerprint density at radius 1 is 1.35 bits per heavy atom. The van der Waals surface area contributed by atoms with E-state index < -0.39 is 6.09 Å². The second-order valence-corrected chi connectivity index (χ2v) is 5.45. The van der Waals surface area contributed by atoms with Gasteiger partial charge < -0.3 is 15.2 Å². The second-order valence-electron chi connectivity index (χ2n) is 5.45. The topological polar surface area (TPSA) is 90.2 Å². The van der Waals surface area contributed by atoms with Crippen LogP contribution < -0.4 is 10.5 Å². The molecule has 0 saturated carbocycles. The highest BCUT2D eigenvalue weighted by molar-refractivity contribution is 5.94. The maximum atomic E-state index is 11.0. The molecule has 0 saturated heterocycles. The molecule has 3 aromatic rings. The standard InChI is InChI=1S/C17H15N3O3/c18-17(21)23-15-6-7-22-16-8-10(4-5-12(15)16)11-2-1-3-14-13(11)9-19-20-14/h1-5,8-9,15H,6-7H2,(H2,18,21)(H,19,20). The van der Waals surface area contributed by atoms with Crippen molar-refractivity contribution in [3.63, 3.8) is 0 Å². The fourth-order valence-corrected chi connectivity index (χ4v) is 3.01. The maximum Gasteiger partial charge on any atom is 0.405 e. The van der Waals surface area contributed by atoms with Crippen LogP contribution in [-0.4, -0.2) is 22.9 Å². The van der Waals surface area contributed by atoms with Gasteiger partial charge in [-0.15, -0.1) is 0 Å². The molecule has 0 aliphatic carbocycles. The van der Waals surface area contributed by atoms with E-state index in [0.29, 0.717) is 13.0 Å². The molecule has 6 heteroatoms. The number of carbonyl (C=O) groups is 1. The molecule has 1 atom stereocenters. The molecular weight excluding hydrogens is 294 g/mol. The Hall–Kier alpha value is -3.02. The van der Waals surface area contributed by atoms with Crippen LogP contribution in [0.25, 0.3) is 22.0 Å². The van der Waals surface area contributed by atoms with Crippen molar-refractivity contribution in [3.8, 4) is 16.9 Å². The zero-order valence-electron chi connectivity index (χ0n) is 12.3. The molecule has 4 rings (SSSR count). The molecule has 6 nitrogen and oxygen atoms in total. The Bertz CT molecular complexity index is 888. The Morgan fingerprint density at radius 3 is 3.13 bits per heavy atom. The van der Waals surface area contributed by atoms with Gasteiger partial charge in [0.1, 0.15) is 11.9 Å². The van der Waals surface area contributed by atoms with E-state index in [1.807, 2.05) is 42.6 Å². The molecule has 23 heavy (non-hydrogen) atoms. The Balaban J connectivity index is 1.78. The summed E-state index contributed by atoms with van der Waals surface area (Å²) in [5, 5.41) is 8.11. The SMILES string of the molecule is NC(=O)OC1CCOc2cc(-c3cccc4[nH]ncc34)ccc21. The van der Waals surface area contributed by atoms with Gasteiger partial charge in [-0.1, -0.05) is 24.3 Å². The lowest BCUT2D eigenvalue weighted by atomic mass is 9.96. The number of aromatic amines is 1. The number of aromatic nitrogens is 2. The third kappa shape index (κ3) is 2.38. The summed E-state index contributed by atoms with van der Waals surface area (Å²) in [4.78, 5) is 11.0. The number of ether oxygens (including phenoxy) is 2. The first-order chi connectivity index (χ1) is 11.2. The van der Waals surface area contributed by atoms with Gasteiger partial charge in [-0.25, -0.2) is 4.79 Å². The number of hydrogen-bond donors (Lipinski definition) is 2. The van der Waals surface area contributed by atoms with E-state index in [4.69, 9.17) is 15.2 Å². The van der Waals surface area contributed by atoms with E-state index in [9.17, 15) is 4.79 Å². The number of primary amides is 1. The predicted molar refractivity (Wildman–Crippen MR) is 85.1 cm³/mol. The Labute approximate surface area is 132 Å². The molecule has 0 fully saturated rings. The summed E-state index contributed by atoms with van der Waals surface area (Å²) in [6, 6.07) is 11.9. The molecule has 1 unspecified atom stereocenters. The largest absolute Gasteiger partial charge is 0.493 e. The average Bonchev–Trinajstić information content (AvgIpc) is 3.02. The number of amides is 1. The number of fused-ring (bicyclic) bond motifs is 2. The van der Waals surface area contributed by atoms with Crippen LogP contribution in [0.15, 0.2) is 42.6 Å². The predicted octanol–water partition coefficient (Wildman–Crippen LogP) is 3.15. The quantitative estimate of drug-likeness (QED) is 0.761. The molecule has 0 spiro atoms. The van der Waals surface area contributed by atoms with Gasteiger partial charge in [0.2, 0.25) is 0 Å². The van der Waals surface area contributed by atoms with Gasteiger partial charge in [-0.2, -0.15) is 5.10 Å². The molecular formula is C17H15N3O3. The molecule has 2 aromatic carbocycles. The molecule has 3 N–H and O–H groups in total. The third-order valence-electron chi connectivity index (χ3n) is 4.05. The van der Waals surface area contributed by atoms with Crippen molar-refractivity contribution < 1.29 is 14.3 Å². The zero-order chi connectivity index (χ0) is 15.8. The van der Waals surface area contributed by atoms with E-state index >= 15 is 0 Å². The summed E-state index contributed by atoms with van der Waals surface area (Å²) in [5.41, 5.74) is 9.06. The first-order valence-electron chi connectivity index (χ1n) is 7.37. The van der Waals surface area contributed by atoms with Crippen molar-refractivity contribution >= 4 is 17.0 Å². The van der Waals surface area contributed by atoms with Gasteiger partial charge >= 0.3 is 6.09 Å². The zero-order valence-corrected chi connectivity index (χ0v) is 12.3. The highest BCUT2D eigenvalue weighted by Gasteiger charge is 2.24. The first kappa shape index (κ1) is 13.6. The molecule has 116 valence electrons. The summed E-state index contributed by atoms with van der Waals surface area (Å²) in [6.07, 6.45) is 1.29. The van der Waals surface area contributed by atoms with Gasteiger partial charge in [-0.3, -0.25) is 5.10 Å². The summed E-state index contributed by atoms with van der Waals surface area (Å²) in [5.74, 6) is 0.723. The van der Waals surface area contributed by atoms with Crippen LogP contribution >= 0.6 is 0 Å². The third-order valence-corrected chi connectivity index (χ3v) is 4.05. The van der Waals surface area contributed by atoms with Crippen molar-refractivity contribution in [2.75, 3.05) is 6.61 Å². The Kier molecular flexibility index (Phi) is 3.15. The van der Waals surface area contributed by atoms with Gasteiger partial charge in [0.05, 0.1) is 18.3 Å². The van der Waals surface area contributed by atoms with Crippen molar-refractivity contribution in [1.82, 2.24) is 10.2 Å². The highest BCUT2D eigenvalue weighted by atomic mass is 16.6. The molecule has 1 aromatic heterocycles. The minimum atomic E-state index is -0.768. The number of rotatable bonds is 2. The lowest BCUT2D eigenvalue weighted by Gasteiger charge is -2.25. The fraction of sp³-hybridized carbons (Fsp3) is 0.176. The first-order valence-corrected chi connectivity index (χ1v) is 7.37. The summed E-state index contributed by atoms with van der Waals surface area (Å²) in [6.45, 7) is 0.490. The van der Waals surface area contributed by atoms with Gasteiger partial charge in [0.15, 0.2) is 0 Å². The van der Waals surface area contributed by atoms with E-state index in [2.05, 4.69) is 10.2 Å². The average molecular weight is 309 g/mol. The van der Waals surface area contributed by atoms with Crippen molar-refractivity contribution in [2.45, 2.75) is 12.5 Å². The lowest BCUT2D eigenvalue weighted by Crippen LogP contribution is -2.22. The van der Waals surface area contributed by atoms with Crippen molar-refractivity contribution in [2.24, 2.45) is 5.73 Å². The van der Waals surface area contributed by atoms with E-state index in [1.54, 1.807) is 0 Å². The van der Waals surface area contributed by atoms with Gasteiger partial charge in [-0.05, 0) is 23.3 Å². The number of nitrogens with one attached hydrogen (secondary N) is 1. The lowest BCUT2D eigenvalue weighted by molar-refractivity contribution is 0.0766. The van der Waals surface area contributed by atoms with Crippen LogP contribution in [0.2, 0.25) is 0 Å². The van der Waals surface area contributed by atoms with Crippen molar-refractivity contribution in [3.05, 3.63) is 48.2 Å². The monoisotopic (exact) mass is 309 g/mol. The number of benzene rings is 2. The van der Waals surface area contributed by atoms with Crippen LogP contribution in [0.5, 0.6) is 5.75 Å². The van der Waals surface area contributed by atoms with Crippen molar-refractivity contribution in [1.29, 1.82) is 0 Å². The smallest absolute Gasteiger partial charge is 0.405 e. The molecule has 0 radical (unpaired) electrons. The maximum absolute atomic E-state index is 11.0. The second kappa shape index (κ2) is 5.31. The number of carbonyl (C=O) groups excluding carboxylic acids is 1. The number of nitrogens with zero attached hydrogens (tertiary/aromatic N) is 1.